The van der Waals surface area contributed by atoms with Gasteiger partial charge in [0.2, 0.25) is 5.88 Å². The largest absolute Gasteiger partial charge is 0.469 e. The Kier molecular flexibility index (Phi) is 2.84. The summed E-state index contributed by atoms with van der Waals surface area (Å²) >= 11 is 0. The summed E-state index contributed by atoms with van der Waals surface area (Å²) in [7, 11) is 0. The predicted molar refractivity (Wildman–Crippen MR) is 53.9 cm³/mol. The highest BCUT2D eigenvalue weighted by Crippen LogP contribution is 2.23. The normalized spacial score (nSPS) is 15.3. The molecule has 0 radical (unpaired) electrons. The van der Waals surface area contributed by atoms with Crippen LogP contribution in [0, 0.1) is 10.1 Å². The predicted octanol–water partition coefficient (Wildman–Crippen LogP) is 0.0530. The first-order chi connectivity index (χ1) is 7.69. The third-order valence-electron chi connectivity index (χ3n) is 2.04. The van der Waals surface area contributed by atoms with E-state index in [9.17, 15) is 10.1 Å². The van der Waals surface area contributed by atoms with Crippen LogP contribution < -0.4 is 16.0 Å². The van der Waals surface area contributed by atoms with Crippen molar-refractivity contribution in [3.05, 3.63) is 22.2 Å². The average molecular weight is 226 g/mol. The molecule has 0 aromatic carbocycles. The van der Waals surface area contributed by atoms with E-state index in [1.54, 1.807) is 0 Å². The molecule has 16 heavy (non-hydrogen) atoms. The van der Waals surface area contributed by atoms with Gasteiger partial charge in [0.25, 0.3) is 5.69 Å². The third-order valence-corrected chi connectivity index (χ3v) is 2.04. The molecular formula is C8H10N4O4. The Bertz CT molecular complexity index is 407. The van der Waals surface area contributed by atoms with Crippen LogP contribution in [0.5, 0.6) is 5.88 Å². The molecule has 1 fully saturated rings. The van der Waals surface area contributed by atoms with Gasteiger partial charge in [0.15, 0.2) is 5.82 Å². The second-order valence-corrected chi connectivity index (χ2v) is 3.23. The Morgan fingerprint density at radius 3 is 2.88 bits per heavy atom. The summed E-state index contributed by atoms with van der Waals surface area (Å²) in [6.07, 6.45) is -0.0971. The highest BCUT2D eigenvalue weighted by atomic mass is 16.6. The van der Waals surface area contributed by atoms with Crippen LogP contribution in [0.25, 0.3) is 0 Å². The van der Waals surface area contributed by atoms with Crippen molar-refractivity contribution < 1.29 is 14.4 Å². The number of nitrogens with zero attached hydrogens (tertiary/aromatic N) is 2. The maximum atomic E-state index is 10.6. The monoisotopic (exact) mass is 226 g/mol. The standard InChI is InChI=1S/C8H10N4O4/c9-11-7-1-5(12(13)14)2-8(10-7)16-6-3-15-4-6/h1-2,6H,3-4,9H2,(H,10,11). The van der Waals surface area contributed by atoms with Crippen molar-refractivity contribution in [2.45, 2.75) is 6.10 Å². The van der Waals surface area contributed by atoms with E-state index in [0.29, 0.717) is 13.2 Å². The molecule has 1 saturated heterocycles. The van der Waals surface area contributed by atoms with Crippen molar-refractivity contribution in [3.63, 3.8) is 0 Å². The lowest BCUT2D eigenvalue weighted by Crippen LogP contribution is -2.38. The van der Waals surface area contributed by atoms with Crippen LogP contribution >= 0.6 is 0 Å². The van der Waals surface area contributed by atoms with Gasteiger partial charge in [0, 0.05) is 0 Å². The van der Waals surface area contributed by atoms with E-state index in [4.69, 9.17) is 15.3 Å². The molecule has 0 saturated carbocycles. The first kappa shape index (κ1) is 10.6. The van der Waals surface area contributed by atoms with Gasteiger partial charge < -0.3 is 14.9 Å². The van der Waals surface area contributed by atoms with Gasteiger partial charge in [-0.1, -0.05) is 0 Å². The summed E-state index contributed by atoms with van der Waals surface area (Å²) < 4.78 is 10.3. The number of hydrogen-bond acceptors (Lipinski definition) is 7. The fourth-order valence-corrected chi connectivity index (χ4v) is 1.18. The summed E-state index contributed by atoms with van der Waals surface area (Å²) in [6.45, 7) is 0.936. The van der Waals surface area contributed by atoms with E-state index in [2.05, 4.69) is 10.4 Å². The van der Waals surface area contributed by atoms with Crippen LogP contribution in [0.1, 0.15) is 0 Å². The van der Waals surface area contributed by atoms with E-state index < -0.39 is 4.92 Å². The minimum Gasteiger partial charge on any atom is -0.469 e. The summed E-state index contributed by atoms with van der Waals surface area (Å²) in [5, 5.41) is 10.6. The second-order valence-electron chi connectivity index (χ2n) is 3.23. The zero-order valence-electron chi connectivity index (χ0n) is 8.25. The van der Waals surface area contributed by atoms with Crippen molar-refractivity contribution in [3.8, 4) is 5.88 Å². The van der Waals surface area contributed by atoms with Gasteiger partial charge in [0.05, 0.1) is 30.3 Å². The third kappa shape index (κ3) is 2.18. The number of anilines is 1. The van der Waals surface area contributed by atoms with Gasteiger partial charge in [-0.15, -0.1) is 0 Å². The summed E-state index contributed by atoms with van der Waals surface area (Å²) in [6, 6.07) is 2.48. The molecule has 3 N–H and O–H groups in total. The number of nitrogens with one attached hydrogen (secondary N) is 1. The van der Waals surface area contributed by atoms with Gasteiger partial charge in [-0.3, -0.25) is 10.1 Å². The Labute approximate surface area is 90.5 Å². The first-order valence-electron chi connectivity index (χ1n) is 4.56. The van der Waals surface area contributed by atoms with E-state index >= 15 is 0 Å². The highest BCUT2D eigenvalue weighted by Gasteiger charge is 2.22. The molecule has 0 aliphatic carbocycles. The molecule has 0 bridgehead atoms. The lowest BCUT2D eigenvalue weighted by Gasteiger charge is -2.26. The van der Waals surface area contributed by atoms with E-state index in [0.717, 1.165) is 0 Å². The van der Waals surface area contributed by atoms with Crippen LogP contribution in [0.4, 0.5) is 11.5 Å². The Morgan fingerprint density at radius 2 is 2.38 bits per heavy atom. The quantitative estimate of drug-likeness (QED) is 0.423. The molecule has 1 aromatic heterocycles. The second kappa shape index (κ2) is 4.29. The van der Waals surface area contributed by atoms with Gasteiger partial charge in [-0.05, 0) is 0 Å². The molecule has 0 spiro atoms. The zero-order valence-corrected chi connectivity index (χ0v) is 8.25. The van der Waals surface area contributed by atoms with Gasteiger partial charge >= 0.3 is 0 Å². The smallest absolute Gasteiger partial charge is 0.278 e. The number of nitrogen functional groups attached to an aromatic ring is 1. The molecular weight excluding hydrogens is 216 g/mol. The molecule has 2 heterocycles. The molecule has 8 heteroatoms. The summed E-state index contributed by atoms with van der Waals surface area (Å²) in [5.74, 6) is 5.50. The summed E-state index contributed by atoms with van der Waals surface area (Å²) in [5.41, 5.74) is 2.12. The van der Waals surface area contributed by atoms with Crippen molar-refractivity contribution in [1.82, 2.24) is 4.98 Å². The maximum Gasteiger partial charge on any atom is 0.278 e. The molecule has 1 aliphatic rings. The zero-order chi connectivity index (χ0) is 11.5. The number of hydrazine groups is 1. The SMILES string of the molecule is NNc1cc([N+](=O)[O-])cc(OC2COC2)n1. The topological polar surface area (TPSA) is 113 Å². The van der Waals surface area contributed by atoms with Crippen LogP contribution in [-0.2, 0) is 4.74 Å². The van der Waals surface area contributed by atoms with E-state index in [1.807, 2.05) is 0 Å². The Balaban J connectivity index is 2.21. The van der Waals surface area contributed by atoms with Crippen molar-refractivity contribution in [1.29, 1.82) is 0 Å². The lowest BCUT2D eigenvalue weighted by atomic mass is 10.3. The van der Waals surface area contributed by atoms with E-state index in [1.165, 1.54) is 12.1 Å². The fourth-order valence-electron chi connectivity index (χ4n) is 1.18. The number of rotatable bonds is 4. The van der Waals surface area contributed by atoms with Crippen LogP contribution in [0.15, 0.2) is 12.1 Å². The highest BCUT2D eigenvalue weighted by molar-refractivity contribution is 5.47. The van der Waals surface area contributed by atoms with Crippen molar-refractivity contribution >= 4 is 11.5 Å². The van der Waals surface area contributed by atoms with Gasteiger partial charge in [-0.25, -0.2) is 5.84 Å². The van der Waals surface area contributed by atoms with Crippen molar-refractivity contribution in [2.24, 2.45) is 5.84 Å². The van der Waals surface area contributed by atoms with Crippen LogP contribution in [-0.4, -0.2) is 29.2 Å². The minimum atomic E-state index is -0.535. The Morgan fingerprint density at radius 1 is 1.62 bits per heavy atom. The molecule has 1 aromatic rings. The van der Waals surface area contributed by atoms with Gasteiger partial charge in [-0.2, -0.15) is 4.98 Å². The Hall–Kier alpha value is -1.93. The molecule has 0 unspecified atom stereocenters. The van der Waals surface area contributed by atoms with Crippen LogP contribution in [0.2, 0.25) is 0 Å². The molecule has 0 atom stereocenters. The first-order valence-corrected chi connectivity index (χ1v) is 4.56. The number of ether oxygens (including phenoxy) is 2. The van der Waals surface area contributed by atoms with Crippen LogP contribution in [0.3, 0.4) is 0 Å². The summed E-state index contributed by atoms with van der Waals surface area (Å²) in [4.78, 5) is 14.0. The molecule has 8 nitrogen and oxygen atoms in total. The van der Waals surface area contributed by atoms with E-state index in [-0.39, 0.29) is 23.5 Å². The molecule has 86 valence electrons. The fraction of sp³-hybridized carbons (Fsp3) is 0.375. The van der Waals surface area contributed by atoms with Gasteiger partial charge in [0.1, 0.15) is 6.10 Å². The van der Waals surface area contributed by atoms with Crippen molar-refractivity contribution in [2.75, 3.05) is 18.6 Å². The number of aromatic nitrogens is 1. The molecule has 1 aliphatic heterocycles. The number of nitro groups is 1. The number of hydrogen-bond donors (Lipinski definition) is 2. The maximum absolute atomic E-state index is 10.6. The lowest BCUT2D eigenvalue weighted by molar-refractivity contribution is -0.385. The minimum absolute atomic E-state index is 0.0971. The number of pyridine rings is 1. The molecule has 0 amide bonds. The number of nitrogens with two attached hydrogens (primary N) is 1. The average Bonchev–Trinajstić information content (AvgIpc) is 2.23. The molecule has 2 rings (SSSR count).